The van der Waals surface area contributed by atoms with Crippen molar-refractivity contribution in [1.82, 2.24) is 10.0 Å². The fourth-order valence-corrected chi connectivity index (χ4v) is 2.85. The van der Waals surface area contributed by atoms with E-state index in [4.69, 9.17) is 5.73 Å². The molecule has 0 aromatic heterocycles. The molecule has 1 aliphatic rings. The summed E-state index contributed by atoms with van der Waals surface area (Å²) in [6.07, 6.45) is 2.18. The molecule has 1 aliphatic carbocycles. The first-order valence-corrected chi connectivity index (χ1v) is 8.07. The number of carbonyl (C=O) groups excluding carboxylic acids is 1. The molecule has 0 radical (unpaired) electrons. The van der Waals surface area contributed by atoms with Crippen molar-refractivity contribution < 1.29 is 13.2 Å². The lowest BCUT2D eigenvalue weighted by atomic mass is 10.2. The van der Waals surface area contributed by atoms with E-state index in [1.807, 2.05) is 0 Å². The Labute approximate surface area is 118 Å². The van der Waals surface area contributed by atoms with E-state index in [9.17, 15) is 13.2 Å². The lowest BCUT2D eigenvalue weighted by molar-refractivity contribution is -0.121. The van der Waals surface area contributed by atoms with Crippen LogP contribution in [0.2, 0.25) is 0 Å². The van der Waals surface area contributed by atoms with Crippen molar-refractivity contribution in [3.8, 4) is 0 Å². The van der Waals surface area contributed by atoms with Crippen molar-refractivity contribution in [3.05, 3.63) is 29.8 Å². The van der Waals surface area contributed by atoms with Crippen LogP contribution in [-0.2, 0) is 21.4 Å². The standard InChI is InChI=1S/C13H19N3O3S/c14-9-10-2-1-3-12(8-10)20(18,19)15-7-6-13(17)16-11-4-5-11/h1-3,8,11,15H,4-7,9,14H2,(H,16,17). The Morgan fingerprint density at radius 3 is 2.75 bits per heavy atom. The zero-order chi connectivity index (χ0) is 14.6. The average Bonchev–Trinajstić information content (AvgIpc) is 3.22. The fourth-order valence-electron chi connectivity index (χ4n) is 1.75. The molecule has 1 amide bonds. The van der Waals surface area contributed by atoms with Crippen LogP contribution in [0.15, 0.2) is 29.2 Å². The van der Waals surface area contributed by atoms with Gasteiger partial charge in [-0.15, -0.1) is 0 Å². The molecule has 0 saturated heterocycles. The Kier molecular flexibility index (Phi) is 4.74. The topological polar surface area (TPSA) is 101 Å². The van der Waals surface area contributed by atoms with Crippen LogP contribution in [0, 0.1) is 0 Å². The first-order chi connectivity index (χ1) is 9.51. The molecule has 0 bridgehead atoms. The molecule has 0 aliphatic heterocycles. The minimum atomic E-state index is -3.59. The van der Waals surface area contributed by atoms with Gasteiger partial charge >= 0.3 is 0 Å². The smallest absolute Gasteiger partial charge is 0.240 e. The van der Waals surface area contributed by atoms with Gasteiger partial charge in [0.15, 0.2) is 0 Å². The maximum absolute atomic E-state index is 12.0. The highest BCUT2D eigenvalue weighted by atomic mass is 32.2. The molecule has 0 spiro atoms. The zero-order valence-electron chi connectivity index (χ0n) is 11.1. The maximum Gasteiger partial charge on any atom is 0.240 e. The third kappa shape index (κ3) is 4.29. The van der Waals surface area contributed by atoms with E-state index in [0.717, 1.165) is 18.4 Å². The van der Waals surface area contributed by atoms with Crippen molar-refractivity contribution >= 4 is 15.9 Å². The third-order valence-electron chi connectivity index (χ3n) is 3.03. The Balaban J connectivity index is 1.87. The summed E-state index contributed by atoms with van der Waals surface area (Å²) < 4.78 is 26.5. The molecule has 0 unspecified atom stereocenters. The molecule has 0 atom stereocenters. The number of carbonyl (C=O) groups is 1. The van der Waals surface area contributed by atoms with E-state index in [1.165, 1.54) is 12.1 Å². The molecule has 1 saturated carbocycles. The SMILES string of the molecule is NCc1cccc(S(=O)(=O)NCCC(=O)NC2CC2)c1. The minimum absolute atomic E-state index is 0.0910. The Morgan fingerprint density at radius 2 is 2.10 bits per heavy atom. The molecule has 1 aromatic rings. The Hall–Kier alpha value is -1.44. The summed E-state index contributed by atoms with van der Waals surface area (Å²) in [5.74, 6) is -0.120. The zero-order valence-corrected chi connectivity index (χ0v) is 11.9. The normalized spacial score (nSPS) is 15.1. The Morgan fingerprint density at radius 1 is 1.35 bits per heavy atom. The van der Waals surface area contributed by atoms with Gasteiger partial charge in [0.1, 0.15) is 0 Å². The van der Waals surface area contributed by atoms with E-state index < -0.39 is 10.0 Å². The molecule has 110 valence electrons. The van der Waals surface area contributed by atoms with Gasteiger partial charge in [0.2, 0.25) is 15.9 Å². The molecule has 20 heavy (non-hydrogen) atoms. The number of nitrogens with one attached hydrogen (secondary N) is 2. The number of benzene rings is 1. The van der Waals surface area contributed by atoms with Crippen molar-refractivity contribution in [2.45, 2.75) is 36.7 Å². The van der Waals surface area contributed by atoms with Crippen LogP contribution in [0.4, 0.5) is 0 Å². The van der Waals surface area contributed by atoms with Gasteiger partial charge < -0.3 is 11.1 Å². The molecular formula is C13H19N3O3S. The van der Waals surface area contributed by atoms with Crippen LogP contribution < -0.4 is 15.8 Å². The fraction of sp³-hybridized carbons (Fsp3) is 0.462. The van der Waals surface area contributed by atoms with Crippen LogP contribution in [0.25, 0.3) is 0 Å². The number of nitrogens with two attached hydrogens (primary N) is 1. The second kappa shape index (κ2) is 6.34. The van der Waals surface area contributed by atoms with E-state index in [1.54, 1.807) is 12.1 Å². The van der Waals surface area contributed by atoms with Gasteiger partial charge in [-0.3, -0.25) is 4.79 Å². The van der Waals surface area contributed by atoms with Gasteiger partial charge in [-0.2, -0.15) is 0 Å². The summed E-state index contributed by atoms with van der Waals surface area (Å²) in [6.45, 7) is 0.376. The van der Waals surface area contributed by atoms with Gasteiger partial charge in [0.05, 0.1) is 4.90 Å². The maximum atomic E-state index is 12.0. The highest BCUT2D eigenvalue weighted by Gasteiger charge is 2.23. The molecule has 6 nitrogen and oxygen atoms in total. The van der Waals surface area contributed by atoms with E-state index in [0.29, 0.717) is 6.04 Å². The Bertz CT molecular complexity index is 582. The summed E-state index contributed by atoms with van der Waals surface area (Å²) in [7, 11) is -3.59. The largest absolute Gasteiger partial charge is 0.353 e. The molecule has 0 heterocycles. The molecule has 2 rings (SSSR count). The number of hydrogen-bond donors (Lipinski definition) is 3. The van der Waals surface area contributed by atoms with Gasteiger partial charge in [0.25, 0.3) is 0 Å². The van der Waals surface area contributed by atoms with Crippen molar-refractivity contribution in [3.63, 3.8) is 0 Å². The number of sulfonamides is 1. The lowest BCUT2D eigenvalue weighted by Gasteiger charge is -2.08. The third-order valence-corrected chi connectivity index (χ3v) is 4.49. The van der Waals surface area contributed by atoms with Crippen molar-refractivity contribution in [1.29, 1.82) is 0 Å². The van der Waals surface area contributed by atoms with Crippen LogP contribution in [0.1, 0.15) is 24.8 Å². The molecule has 7 heteroatoms. The second-order valence-electron chi connectivity index (χ2n) is 4.84. The van der Waals surface area contributed by atoms with Gasteiger partial charge in [-0.05, 0) is 30.5 Å². The van der Waals surface area contributed by atoms with Crippen LogP contribution >= 0.6 is 0 Å². The van der Waals surface area contributed by atoms with Gasteiger partial charge in [-0.1, -0.05) is 12.1 Å². The van der Waals surface area contributed by atoms with Crippen molar-refractivity contribution in [2.75, 3.05) is 6.54 Å². The monoisotopic (exact) mass is 297 g/mol. The lowest BCUT2D eigenvalue weighted by Crippen LogP contribution is -2.31. The first-order valence-electron chi connectivity index (χ1n) is 6.59. The van der Waals surface area contributed by atoms with E-state index in [-0.39, 0.29) is 30.3 Å². The summed E-state index contributed by atoms with van der Waals surface area (Å²) in [5, 5.41) is 2.81. The van der Waals surface area contributed by atoms with Gasteiger partial charge in [0, 0.05) is 25.6 Å². The number of rotatable bonds is 7. The molecule has 1 aromatic carbocycles. The first kappa shape index (κ1) is 15.0. The van der Waals surface area contributed by atoms with Crippen LogP contribution in [-0.4, -0.2) is 26.9 Å². The predicted octanol–water partition coefficient (Wildman–Crippen LogP) is 0.0923. The summed E-state index contributed by atoms with van der Waals surface area (Å²) in [6, 6.07) is 6.75. The number of amides is 1. The van der Waals surface area contributed by atoms with E-state index in [2.05, 4.69) is 10.0 Å². The van der Waals surface area contributed by atoms with Gasteiger partial charge in [-0.25, -0.2) is 13.1 Å². The van der Waals surface area contributed by atoms with Crippen molar-refractivity contribution in [2.24, 2.45) is 5.73 Å². The predicted molar refractivity (Wildman–Crippen MR) is 75.3 cm³/mol. The second-order valence-corrected chi connectivity index (χ2v) is 6.61. The van der Waals surface area contributed by atoms with Crippen LogP contribution in [0.3, 0.4) is 0 Å². The highest BCUT2D eigenvalue weighted by molar-refractivity contribution is 7.89. The average molecular weight is 297 g/mol. The van der Waals surface area contributed by atoms with Crippen LogP contribution in [0.5, 0.6) is 0 Å². The summed E-state index contributed by atoms with van der Waals surface area (Å²) >= 11 is 0. The molecule has 1 fully saturated rings. The quantitative estimate of drug-likeness (QED) is 0.664. The molecule has 4 N–H and O–H groups in total. The molecular weight excluding hydrogens is 278 g/mol. The minimum Gasteiger partial charge on any atom is -0.353 e. The summed E-state index contributed by atoms with van der Waals surface area (Å²) in [4.78, 5) is 11.6. The highest BCUT2D eigenvalue weighted by Crippen LogP contribution is 2.18. The van der Waals surface area contributed by atoms with E-state index >= 15 is 0 Å². The summed E-state index contributed by atoms with van der Waals surface area (Å²) in [5.41, 5.74) is 6.24. The number of hydrogen-bond acceptors (Lipinski definition) is 4.